The maximum Gasteiger partial charge on any atom is 0.305 e. The van der Waals surface area contributed by atoms with Crippen LogP contribution in [0, 0.1) is 5.41 Å². The fraction of sp³-hybridized carbons (Fsp3) is 0.615. The highest BCUT2D eigenvalue weighted by Gasteiger charge is 2.27. The quantitative estimate of drug-likeness (QED) is 0.897. The van der Waals surface area contributed by atoms with Crippen molar-refractivity contribution in [1.29, 1.82) is 0 Å². The van der Waals surface area contributed by atoms with Gasteiger partial charge in [-0.2, -0.15) is 0 Å². The zero-order valence-corrected chi connectivity index (χ0v) is 12.7. The number of carbonyl (C=O) groups is 1. The molecule has 2 aromatic rings. The van der Waals surface area contributed by atoms with E-state index in [2.05, 4.69) is 41.3 Å². The summed E-state index contributed by atoms with van der Waals surface area (Å²) in [5.41, 5.74) is 0.722. The van der Waals surface area contributed by atoms with E-state index in [1.807, 2.05) is 7.05 Å². The lowest BCUT2D eigenvalue weighted by atomic mass is 9.87. The van der Waals surface area contributed by atoms with Gasteiger partial charge in [-0.25, -0.2) is 9.67 Å². The van der Waals surface area contributed by atoms with Crippen LogP contribution in [-0.4, -0.2) is 40.8 Å². The fourth-order valence-corrected chi connectivity index (χ4v) is 2.33. The van der Waals surface area contributed by atoms with E-state index in [9.17, 15) is 4.79 Å². The zero-order chi connectivity index (χ0) is 15.6. The molecule has 0 aliphatic heterocycles. The summed E-state index contributed by atoms with van der Waals surface area (Å²) in [6.45, 7) is 6.20. The maximum atomic E-state index is 11.2. The molecule has 8 heteroatoms. The van der Waals surface area contributed by atoms with Gasteiger partial charge in [-0.3, -0.25) is 4.79 Å². The van der Waals surface area contributed by atoms with Gasteiger partial charge in [-0.15, -0.1) is 5.10 Å². The average Bonchev–Trinajstić information content (AvgIpc) is 2.93. The number of hydrogen-bond donors (Lipinski definition) is 1. The van der Waals surface area contributed by atoms with Crippen molar-refractivity contribution < 1.29 is 9.90 Å². The Kier molecular flexibility index (Phi) is 4.06. The van der Waals surface area contributed by atoms with E-state index in [1.165, 1.54) is 0 Å². The minimum atomic E-state index is -0.865. The third kappa shape index (κ3) is 3.65. The lowest BCUT2D eigenvalue weighted by molar-refractivity contribution is -0.138. The SMILES string of the molecule is Cn1cncc1-c1nnnn1C(CC(=O)O)CC(C)(C)C. The number of nitrogens with zero attached hydrogens (tertiary/aromatic N) is 6. The molecule has 1 unspecified atom stereocenters. The molecule has 114 valence electrons. The molecule has 0 radical (unpaired) electrons. The van der Waals surface area contributed by atoms with Gasteiger partial charge in [0.1, 0.15) is 5.69 Å². The Morgan fingerprint density at radius 3 is 2.67 bits per heavy atom. The van der Waals surface area contributed by atoms with E-state index in [0.29, 0.717) is 12.2 Å². The molecule has 0 aromatic carbocycles. The van der Waals surface area contributed by atoms with Gasteiger partial charge in [0.25, 0.3) is 0 Å². The van der Waals surface area contributed by atoms with Crippen LogP contribution >= 0.6 is 0 Å². The number of rotatable bonds is 5. The predicted octanol–water partition coefficient (Wildman–Crippen LogP) is 1.53. The molecule has 2 heterocycles. The number of carboxylic acids is 1. The number of aryl methyl sites for hydroxylation is 1. The Hall–Kier alpha value is -2.25. The summed E-state index contributed by atoms with van der Waals surface area (Å²) < 4.78 is 3.40. The fourth-order valence-electron chi connectivity index (χ4n) is 2.33. The van der Waals surface area contributed by atoms with Crippen molar-refractivity contribution in [2.45, 2.75) is 39.7 Å². The molecular formula is C13H20N6O2. The lowest BCUT2D eigenvalue weighted by Crippen LogP contribution is -2.22. The highest BCUT2D eigenvalue weighted by atomic mass is 16.4. The highest BCUT2D eigenvalue weighted by molar-refractivity contribution is 5.67. The average molecular weight is 292 g/mol. The van der Waals surface area contributed by atoms with Gasteiger partial charge in [-0.1, -0.05) is 20.8 Å². The van der Waals surface area contributed by atoms with Crippen molar-refractivity contribution >= 4 is 5.97 Å². The molecule has 0 spiro atoms. The summed E-state index contributed by atoms with van der Waals surface area (Å²) in [7, 11) is 1.84. The Morgan fingerprint density at radius 1 is 1.43 bits per heavy atom. The van der Waals surface area contributed by atoms with Gasteiger partial charge in [0.2, 0.25) is 5.82 Å². The van der Waals surface area contributed by atoms with Crippen molar-refractivity contribution in [3.63, 3.8) is 0 Å². The van der Waals surface area contributed by atoms with Crippen molar-refractivity contribution in [2.24, 2.45) is 12.5 Å². The van der Waals surface area contributed by atoms with Crippen LogP contribution in [0.15, 0.2) is 12.5 Å². The van der Waals surface area contributed by atoms with E-state index < -0.39 is 5.97 Å². The topological polar surface area (TPSA) is 98.7 Å². The first-order chi connectivity index (χ1) is 9.78. The van der Waals surface area contributed by atoms with Gasteiger partial charge in [-0.05, 0) is 22.3 Å². The lowest BCUT2D eigenvalue weighted by Gasteiger charge is -2.25. The van der Waals surface area contributed by atoms with E-state index in [1.54, 1.807) is 21.8 Å². The first kappa shape index (κ1) is 15.1. The molecule has 0 saturated heterocycles. The summed E-state index contributed by atoms with van der Waals surface area (Å²) in [5, 5.41) is 20.9. The molecule has 2 rings (SSSR count). The third-order valence-corrected chi connectivity index (χ3v) is 3.14. The number of imidazole rings is 1. The van der Waals surface area contributed by atoms with Gasteiger partial charge < -0.3 is 9.67 Å². The van der Waals surface area contributed by atoms with E-state index >= 15 is 0 Å². The molecule has 0 saturated carbocycles. The molecule has 0 amide bonds. The summed E-state index contributed by atoms with van der Waals surface area (Å²) >= 11 is 0. The van der Waals surface area contributed by atoms with Crippen molar-refractivity contribution in [3.8, 4) is 11.5 Å². The molecule has 0 bridgehead atoms. The van der Waals surface area contributed by atoms with E-state index in [-0.39, 0.29) is 17.9 Å². The number of tetrazole rings is 1. The molecule has 0 aliphatic carbocycles. The van der Waals surface area contributed by atoms with Gasteiger partial charge >= 0.3 is 5.97 Å². The van der Waals surface area contributed by atoms with Crippen molar-refractivity contribution in [1.82, 2.24) is 29.8 Å². The Balaban J connectivity index is 2.39. The molecular weight excluding hydrogens is 272 g/mol. The van der Waals surface area contributed by atoms with Crippen LogP contribution in [0.1, 0.15) is 39.7 Å². The second kappa shape index (κ2) is 5.63. The number of aromatic nitrogens is 6. The van der Waals surface area contributed by atoms with Crippen LogP contribution in [0.5, 0.6) is 0 Å². The van der Waals surface area contributed by atoms with Gasteiger partial charge in [0.05, 0.1) is 25.0 Å². The predicted molar refractivity (Wildman–Crippen MR) is 75.4 cm³/mol. The first-order valence-corrected chi connectivity index (χ1v) is 6.74. The second-order valence-electron chi connectivity index (χ2n) is 6.35. The summed E-state index contributed by atoms with van der Waals surface area (Å²) in [4.78, 5) is 15.2. The normalized spacial score (nSPS) is 13.3. The summed E-state index contributed by atoms with van der Waals surface area (Å²) in [6.07, 6.45) is 3.96. The Morgan fingerprint density at radius 2 is 2.14 bits per heavy atom. The number of aliphatic carboxylic acids is 1. The minimum absolute atomic E-state index is 0.0207. The Labute approximate surface area is 122 Å². The second-order valence-corrected chi connectivity index (χ2v) is 6.35. The third-order valence-electron chi connectivity index (χ3n) is 3.14. The number of hydrogen-bond acceptors (Lipinski definition) is 5. The molecule has 0 aliphatic rings. The van der Waals surface area contributed by atoms with Crippen LogP contribution < -0.4 is 0 Å². The van der Waals surface area contributed by atoms with Crippen LogP contribution in [0.2, 0.25) is 0 Å². The number of carboxylic acid groups (broad SMARTS) is 1. The smallest absolute Gasteiger partial charge is 0.305 e. The minimum Gasteiger partial charge on any atom is -0.481 e. The first-order valence-electron chi connectivity index (χ1n) is 6.74. The summed E-state index contributed by atoms with van der Waals surface area (Å²) in [5.74, 6) is -0.332. The van der Waals surface area contributed by atoms with E-state index in [0.717, 1.165) is 5.69 Å². The molecule has 21 heavy (non-hydrogen) atoms. The standard InChI is InChI=1S/C13H20N6O2/c1-13(2,3)6-9(5-11(20)21)19-12(15-16-17-19)10-7-14-8-18(10)4/h7-9H,5-6H2,1-4H3,(H,20,21). The van der Waals surface area contributed by atoms with Crippen molar-refractivity contribution in [2.75, 3.05) is 0 Å². The largest absolute Gasteiger partial charge is 0.481 e. The molecule has 1 atom stereocenters. The van der Waals surface area contributed by atoms with Crippen LogP contribution in [-0.2, 0) is 11.8 Å². The molecule has 1 N–H and O–H groups in total. The van der Waals surface area contributed by atoms with E-state index in [4.69, 9.17) is 5.11 Å². The van der Waals surface area contributed by atoms with Gasteiger partial charge in [0.15, 0.2) is 0 Å². The maximum absolute atomic E-state index is 11.2. The van der Waals surface area contributed by atoms with Gasteiger partial charge in [0, 0.05) is 7.05 Å². The Bertz CT molecular complexity index is 625. The van der Waals surface area contributed by atoms with Crippen LogP contribution in [0.4, 0.5) is 0 Å². The highest BCUT2D eigenvalue weighted by Crippen LogP contribution is 2.31. The zero-order valence-electron chi connectivity index (χ0n) is 12.7. The van der Waals surface area contributed by atoms with Crippen molar-refractivity contribution in [3.05, 3.63) is 12.5 Å². The molecule has 2 aromatic heterocycles. The van der Waals surface area contributed by atoms with Crippen LogP contribution in [0.25, 0.3) is 11.5 Å². The monoisotopic (exact) mass is 292 g/mol. The molecule has 0 fully saturated rings. The van der Waals surface area contributed by atoms with Crippen LogP contribution in [0.3, 0.4) is 0 Å². The summed E-state index contributed by atoms with van der Waals surface area (Å²) in [6, 6.07) is -0.303. The molecule has 8 nitrogen and oxygen atoms in total.